The van der Waals surface area contributed by atoms with E-state index in [0.29, 0.717) is 0 Å². The molecule has 1 aromatic rings. The third-order valence-corrected chi connectivity index (χ3v) is 4.32. The van der Waals surface area contributed by atoms with Crippen molar-refractivity contribution in [3.63, 3.8) is 0 Å². The third kappa shape index (κ3) is 2.37. The van der Waals surface area contributed by atoms with Crippen molar-refractivity contribution in [1.82, 2.24) is 10.3 Å². The minimum absolute atomic E-state index is 0.763. The van der Waals surface area contributed by atoms with Gasteiger partial charge in [-0.3, -0.25) is 4.98 Å². The van der Waals surface area contributed by atoms with Gasteiger partial charge in [0.25, 0.3) is 0 Å². The van der Waals surface area contributed by atoms with Gasteiger partial charge in [0.15, 0.2) is 0 Å². The first-order valence-corrected chi connectivity index (χ1v) is 7.16. The van der Waals surface area contributed by atoms with Crippen molar-refractivity contribution < 1.29 is 0 Å². The molecule has 2 unspecified atom stereocenters. The Hall–Kier alpha value is -1.09. The number of hydrogen-bond donors (Lipinski definition) is 1. The lowest BCUT2D eigenvalue weighted by molar-refractivity contribution is 0.244. The first kappa shape index (κ1) is 12.0. The second-order valence-corrected chi connectivity index (χ2v) is 5.81. The first-order valence-electron chi connectivity index (χ1n) is 7.16. The van der Waals surface area contributed by atoms with Crippen LogP contribution in [0.15, 0.2) is 12.1 Å². The van der Waals surface area contributed by atoms with Crippen LogP contribution in [0.5, 0.6) is 0 Å². The number of hydrogen-bond acceptors (Lipinski definition) is 3. The number of pyridine rings is 1. The lowest BCUT2D eigenvalue weighted by Gasteiger charge is -2.42. The maximum atomic E-state index is 4.47. The molecule has 0 aliphatic carbocycles. The van der Waals surface area contributed by atoms with Crippen molar-refractivity contribution in [2.75, 3.05) is 24.5 Å². The molecule has 0 saturated carbocycles. The van der Waals surface area contributed by atoms with Crippen LogP contribution in [0.2, 0.25) is 0 Å². The topological polar surface area (TPSA) is 28.2 Å². The van der Waals surface area contributed by atoms with E-state index in [1.807, 2.05) is 0 Å². The molecule has 0 radical (unpaired) electrons. The maximum absolute atomic E-state index is 4.47. The van der Waals surface area contributed by atoms with Crippen LogP contribution in [0.25, 0.3) is 0 Å². The van der Waals surface area contributed by atoms with E-state index >= 15 is 0 Å². The zero-order valence-electron chi connectivity index (χ0n) is 11.4. The molecule has 0 bridgehead atoms. The Morgan fingerprint density at radius 1 is 1.22 bits per heavy atom. The molecule has 3 heterocycles. The summed E-state index contributed by atoms with van der Waals surface area (Å²) >= 11 is 0. The number of piperidine rings is 2. The first-order chi connectivity index (χ1) is 8.72. The van der Waals surface area contributed by atoms with Crippen LogP contribution >= 0.6 is 0 Å². The van der Waals surface area contributed by atoms with Gasteiger partial charge in [0, 0.05) is 36.2 Å². The van der Waals surface area contributed by atoms with E-state index in [0.717, 1.165) is 23.3 Å². The minimum Gasteiger partial charge on any atom is -0.371 e. The van der Waals surface area contributed by atoms with E-state index < -0.39 is 0 Å². The predicted molar refractivity (Wildman–Crippen MR) is 75.1 cm³/mol. The highest BCUT2D eigenvalue weighted by Crippen LogP contribution is 2.28. The number of nitrogens with one attached hydrogen (secondary N) is 1. The van der Waals surface area contributed by atoms with Crippen molar-refractivity contribution >= 4 is 5.69 Å². The maximum Gasteiger partial charge on any atom is 0.0402 e. The Kier molecular flexibility index (Phi) is 3.25. The molecule has 1 aromatic heterocycles. The highest BCUT2D eigenvalue weighted by atomic mass is 15.2. The number of nitrogens with zero attached hydrogens (tertiary/aromatic N) is 2. The zero-order chi connectivity index (χ0) is 12.5. The molecule has 2 fully saturated rings. The van der Waals surface area contributed by atoms with Crippen LogP contribution in [0.1, 0.15) is 30.7 Å². The van der Waals surface area contributed by atoms with E-state index in [1.54, 1.807) is 0 Å². The van der Waals surface area contributed by atoms with Crippen molar-refractivity contribution in [2.24, 2.45) is 5.92 Å². The summed E-state index contributed by atoms with van der Waals surface area (Å²) in [6, 6.07) is 5.21. The van der Waals surface area contributed by atoms with E-state index in [4.69, 9.17) is 0 Å². The lowest BCUT2D eigenvalue weighted by atomic mass is 9.85. The van der Waals surface area contributed by atoms with Gasteiger partial charge in [-0.15, -0.1) is 0 Å². The summed E-state index contributed by atoms with van der Waals surface area (Å²) in [6.07, 6.45) is 4.01. The Morgan fingerprint density at radius 2 is 2.00 bits per heavy atom. The van der Waals surface area contributed by atoms with E-state index in [2.05, 4.69) is 41.2 Å². The summed E-state index contributed by atoms with van der Waals surface area (Å²) in [5.74, 6) is 0.835. The number of aromatic nitrogens is 1. The lowest BCUT2D eigenvalue weighted by Crippen LogP contribution is -2.52. The van der Waals surface area contributed by atoms with E-state index in [1.165, 1.54) is 44.6 Å². The third-order valence-electron chi connectivity index (χ3n) is 4.32. The molecule has 0 aromatic carbocycles. The Labute approximate surface area is 110 Å². The molecule has 1 N–H and O–H groups in total. The van der Waals surface area contributed by atoms with Gasteiger partial charge in [0.05, 0.1) is 0 Å². The fourth-order valence-electron chi connectivity index (χ4n) is 3.47. The van der Waals surface area contributed by atoms with Gasteiger partial charge in [-0.1, -0.05) is 0 Å². The van der Waals surface area contributed by atoms with Crippen LogP contribution in [0.3, 0.4) is 0 Å². The van der Waals surface area contributed by atoms with Crippen molar-refractivity contribution in [1.29, 1.82) is 0 Å². The quantitative estimate of drug-likeness (QED) is 0.822. The van der Waals surface area contributed by atoms with Gasteiger partial charge in [-0.2, -0.15) is 0 Å². The molecule has 0 amide bonds. The monoisotopic (exact) mass is 245 g/mol. The highest BCUT2D eigenvalue weighted by Gasteiger charge is 2.31. The van der Waals surface area contributed by atoms with Crippen LogP contribution in [0, 0.1) is 19.8 Å². The largest absolute Gasteiger partial charge is 0.371 e. The fourth-order valence-corrected chi connectivity index (χ4v) is 3.47. The van der Waals surface area contributed by atoms with Crippen molar-refractivity contribution in [2.45, 2.75) is 39.2 Å². The highest BCUT2D eigenvalue weighted by molar-refractivity contribution is 5.48. The van der Waals surface area contributed by atoms with Crippen LogP contribution in [-0.2, 0) is 0 Å². The van der Waals surface area contributed by atoms with Gasteiger partial charge in [0.1, 0.15) is 0 Å². The number of aryl methyl sites for hydroxylation is 2. The molecule has 0 spiro atoms. The second kappa shape index (κ2) is 4.88. The molecule has 18 heavy (non-hydrogen) atoms. The Morgan fingerprint density at radius 3 is 2.78 bits per heavy atom. The second-order valence-electron chi connectivity index (χ2n) is 5.81. The Balaban J connectivity index is 1.76. The minimum atomic E-state index is 0.763. The standard InChI is InChI=1S/C15H23N3/c1-11-8-14(9-12(2)17-11)18-7-5-15-13(10-18)4-3-6-16-15/h8-9,13,15-16H,3-7,10H2,1-2H3. The summed E-state index contributed by atoms with van der Waals surface area (Å²) in [5, 5.41) is 3.68. The summed E-state index contributed by atoms with van der Waals surface area (Å²) in [4.78, 5) is 7.02. The van der Waals surface area contributed by atoms with Crippen LogP contribution in [-0.4, -0.2) is 30.7 Å². The molecule has 3 heteroatoms. The molecule has 3 rings (SSSR count). The predicted octanol–water partition coefficient (Wildman–Crippen LogP) is 2.28. The van der Waals surface area contributed by atoms with E-state index in [-0.39, 0.29) is 0 Å². The van der Waals surface area contributed by atoms with Gasteiger partial charge in [-0.25, -0.2) is 0 Å². The summed E-state index contributed by atoms with van der Waals surface area (Å²) in [7, 11) is 0. The molecule has 2 aliphatic heterocycles. The summed E-state index contributed by atoms with van der Waals surface area (Å²) in [5.41, 5.74) is 3.63. The molecule has 2 saturated heterocycles. The zero-order valence-corrected chi connectivity index (χ0v) is 11.4. The molecular weight excluding hydrogens is 222 g/mol. The smallest absolute Gasteiger partial charge is 0.0402 e. The number of rotatable bonds is 1. The van der Waals surface area contributed by atoms with Gasteiger partial charge in [0.2, 0.25) is 0 Å². The van der Waals surface area contributed by atoms with Gasteiger partial charge >= 0.3 is 0 Å². The molecule has 98 valence electrons. The number of anilines is 1. The van der Waals surface area contributed by atoms with Gasteiger partial charge in [-0.05, 0) is 57.7 Å². The molecular formula is C15H23N3. The van der Waals surface area contributed by atoms with Crippen molar-refractivity contribution in [3.8, 4) is 0 Å². The van der Waals surface area contributed by atoms with Crippen molar-refractivity contribution in [3.05, 3.63) is 23.5 Å². The van der Waals surface area contributed by atoms with Gasteiger partial charge < -0.3 is 10.2 Å². The Bertz CT molecular complexity index is 409. The molecule has 2 atom stereocenters. The van der Waals surface area contributed by atoms with E-state index in [9.17, 15) is 0 Å². The normalized spacial score (nSPS) is 28.0. The fraction of sp³-hybridized carbons (Fsp3) is 0.667. The molecule has 2 aliphatic rings. The molecule has 3 nitrogen and oxygen atoms in total. The average molecular weight is 245 g/mol. The SMILES string of the molecule is Cc1cc(N2CCC3NCCCC3C2)cc(C)n1. The summed E-state index contributed by atoms with van der Waals surface area (Å²) in [6.45, 7) is 7.78. The van der Waals surface area contributed by atoms with Crippen LogP contribution in [0.4, 0.5) is 5.69 Å². The number of fused-ring (bicyclic) bond motifs is 1. The summed E-state index contributed by atoms with van der Waals surface area (Å²) < 4.78 is 0. The van der Waals surface area contributed by atoms with Crippen LogP contribution < -0.4 is 10.2 Å². The average Bonchev–Trinajstić information content (AvgIpc) is 2.37.